The normalized spacial score (nSPS) is 27.7. The lowest BCUT2D eigenvalue weighted by Gasteiger charge is -2.39. The van der Waals surface area contributed by atoms with Gasteiger partial charge in [0, 0.05) is 5.69 Å². The van der Waals surface area contributed by atoms with Crippen molar-refractivity contribution in [1.82, 2.24) is 0 Å². The molecule has 1 aromatic carbocycles. The summed E-state index contributed by atoms with van der Waals surface area (Å²) in [6.07, 6.45) is 5.09. The number of amides is 1. The molecule has 1 fully saturated rings. The van der Waals surface area contributed by atoms with Crippen molar-refractivity contribution in [3.8, 4) is 0 Å². The van der Waals surface area contributed by atoms with Crippen LogP contribution in [0.3, 0.4) is 0 Å². The van der Waals surface area contributed by atoms with E-state index >= 15 is 0 Å². The first kappa shape index (κ1) is 12.9. The number of nitrogens with one attached hydrogen (secondary N) is 1. The zero-order valence-corrected chi connectivity index (χ0v) is 11.0. The summed E-state index contributed by atoms with van der Waals surface area (Å²) in [5.74, 6) is 0.381. The van der Waals surface area contributed by atoms with Crippen LogP contribution >= 0.6 is 0 Å². The van der Waals surface area contributed by atoms with E-state index in [9.17, 15) is 4.79 Å². The van der Waals surface area contributed by atoms with Gasteiger partial charge >= 0.3 is 0 Å². The molecule has 3 heteroatoms. The lowest BCUT2D eigenvalue weighted by Crippen LogP contribution is -2.53. The third-order valence-electron chi connectivity index (χ3n) is 4.06. The molecule has 2 atom stereocenters. The van der Waals surface area contributed by atoms with Gasteiger partial charge in [-0.15, -0.1) is 0 Å². The van der Waals surface area contributed by atoms with E-state index in [1.165, 1.54) is 6.42 Å². The van der Waals surface area contributed by atoms with Crippen LogP contribution in [-0.2, 0) is 4.79 Å². The van der Waals surface area contributed by atoms with E-state index in [-0.39, 0.29) is 5.91 Å². The van der Waals surface area contributed by atoms with Gasteiger partial charge in [-0.3, -0.25) is 4.79 Å². The van der Waals surface area contributed by atoms with E-state index in [1.807, 2.05) is 30.3 Å². The van der Waals surface area contributed by atoms with Gasteiger partial charge in [-0.05, 0) is 30.9 Å². The molecule has 0 heterocycles. The van der Waals surface area contributed by atoms with Crippen molar-refractivity contribution in [1.29, 1.82) is 0 Å². The Bertz CT molecular complexity index is 404. The summed E-state index contributed by atoms with van der Waals surface area (Å²) < 4.78 is 0. The Labute approximate surface area is 109 Å². The van der Waals surface area contributed by atoms with Crippen LogP contribution in [0.25, 0.3) is 0 Å². The lowest BCUT2D eigenvalue weighted by atomic mass is 9.74. The molecule has 2 rings (SSSR count). The maximum atomic E-state index is 11.9. The molecule has 98 valence electrons. The fraction of sp³-hybridized carbons (Fsp3) is 0.533. The third kappa shape index (κ3) is 2.66. The van der Waals surface area contributed by atoms with Crippen LogP contribution in [0.15, 0.2) is 30.3 Å². The van der Waals surface area contributed by atoms with Gasteiger partial charge in [0.2, 0.25) is 5.91 Å². The predicted octanol–water partition coefficient (Wildman–Crippen LogP) is 2.92. The quantitative estimate of drug-likeness (QED) is 0.858. The van der Waals surface area contributed by atoms with E-state index in [4.69, 9.17) is 5.73 Å². The third-order valence-corrected chi connectivity index (χ3v) is 4.06. The Balaban J connectivity index is 2.19. The van der Waals surface area contributed by atoms with Gasteiger partial charge in [0.1, 0.15) is 5.54 Å². The molecule has 3 nitrogen and oxygen atoms in total. The van der Waals surface area contributed by atoms with Crippen molar-refractivity contribution in [2.45, 2.75) is 44.6 Å². The number of carbonyl (C=O) groups is 1. The number of anilines is 1. The van der Waals surface area contributed by atoms with E-state index in [0.29, 0.717) is 5.92 Å². The standard InChI is InChI=1S/C15H22N2O/c1-2-12-7-6-10-15(11-12,14(16)18)17-13-8-4-3-5-9-13/h3-5,8-9,12,17H,2,6-7,10-11H2,1H3,(H2,16,18). The summed E-state index contributed by atoms with van der Waals surface area (Å²) in [7, 11) is 0. The van der Waals surface area contributed by atoms with Crippen molar-refractivity contribution in [3.63, 3.8) is 0 Å². The highest BCUT2D eigenvalue weighted by Crippen LogP contribution is 2.36. The minimum atomic E-state index is -0.555. The molecule has 18 heavy (non-hydrogen) atoms. The van der Waals surface area contributed by atoms with E-state index in [0.717, 1.165) is 31.4 Å². The van der Waals surface area contributed by atoms with Crippen LogP contribution in [-0.4, -0.2) is 11.4 Å². The highest BCUT2D eigenvalue weighted by Gasteiger charge is 2.40. The summed E-state index contributed by atoms with van der Waals surface area (Å²) in [5, 5.41) is 3.38. The number of hydrogen-bond acceptors (Lipinski definition) is 2. The predicted molar refractivity (Wildman–Crippen MR) is 74.2 cm³/mol. The van der Waals surface area contributed by atoms with Crippen molar-refractivity contribution < 1.29 is 4.79 Å². The van der Waals surface area contributed by atoms with E-state index < -0.39 is 5.54 Å². The molecule has 1 aliphatic carbocycles. The Hall–Kier alpha value is -1.51. The van der Waals surface area contributed by atoms with Gasteiger partial charge in [-0.2, -0.15) is 0 Å². The second kappa shape index (κ2) is 5.42. The zero-order valence-electron chi connectivity index (χ0n) is 11.0. The molecule has 0 radical (unpaired) electrons. The highest BCUT2D eigenvalue weighted by atomic mass is 16.1. The van der Waals surface area contributed by atoms with E-state index in [2.05, 4.69) is 12.2 Å². The van der Waals surface area contributed by atoms with Gasteiger partial charge in [0.05, 0.1) is 0 Å². The van der Waals surface area contributed by atoms with Crippen molar-refractivity contribution in [3.05, 3.63) is 30.3 Å². The smallest absolute Gasteiger partial charge is 0.243 e. The largest absolute Gasteiger partial charge is 0.371 e. The topological polar surface area (TPSA) is 55.1 Å². The lowest BCUT2D eigenvalue weighted by molar-refractivity contribution is -0.123. The van der Waals surface area contributed by atoms with Crippen LogP contribution in [0.4, 0.5) is 5.69 Å². The summed E-state index contributed by atoms with van der Waals surface area (Å²) in [5.41, 5.74) is 6.09. The fourth-order valence-corrected chi connectivity index (χ4v) is 2.93. The number of nitrogens with two attached hydrogens (primary N) is 1. The molecule has 0 aromatic heterocycles. The highest BCUT2D eigenvalue weighted by molar-refractivity contribution is 5.88. The SMILES string of the molecule is CCC1CCCC(Nc2ccccc2)(C(N)=O)C1. The van der Waals surface area contributed by atoms with Gasteiger partial charge in [0.25, 0.3) is 0 Å². The molecule has 1 aromatic rings. The maximum absolute atomic E-state index is 11.9. The summed E-state index contributed by atoms with van der Waals surface area (Å²) >= 11 is 0. The van der Waals surface area contributed by atoms with Crippen molar-refractivity contribution in [2.75, 3.05) is 5.32 Å². The van der Waals surface area contributed by atoms with Crippen molar-refractivity contribution in [2.24, 2.45) is 11.7 Å². The number of carbonyl (C=O) groups excluding carboxylic acids is 1. The first-order valence-electron chi connectivity index (χ1n) is 6.79. The number of primary amides is 1. The molecule has 0 aliphatic heterocycles. The molecule has 2 unspecified atom stereocenters. The molecule has 0 saturated heterocycles. The van der Waals surface area contributed by atoms with Crippen LogP contribution < -0.4 is 11.1 Å². The second-order valence-corrected chi connectivity index (χ2v) is 5.31. The Morgan fingerprint density at radius 2 is 2.17 bits per heavy atom. The summed E-state index contributed by atoms with van der Waals surface area (Å²) in [6, 6.07) is 9.88. The molecular formula is C15H22N2O. The Kier molecular flexibility index (Phi) is 3.90. The molecule has 0 spiro atoms. The van der Waals surface area contributed by atoms with Crippen LogP contribution in [0.1, 0.15) is 39.0 Å². The van der Waals surface area contributed by atoms with Gasteiger partial charge in [0.15, 0.2) is 0 Å². The molecule has 1 amide bonds. The molecule has 1 saturated carbocycles. The minimum Gasteiger partial charge on any atom is -0.371 e. The van der Waals surface area contributed by atoms with E-state index in [1.54, 1.807) is 0 Å². The fourth-order valence-electron chi connectivity index (χ4n) is 2.93. The summed E-state index contributed by atoms with van der Waals surface area (Å²) in [4.78, 5) is 11.9. The number of para-hydroxylation sites is 1. The van der Waals surface area contributed by atoms with Crippen LogP contribution in [0.5, 0.6) is 0 Å². The monoisotopic (exact) mass is 246 g/mol. The average Bonchev–Trinajstić information content (AvgIpc) is 2.40. The van der Waals surface area contributed by atoms with Crippen LogP contribution in [0, 0.1) is 5.92 Å². The number of hydrogen-bond donors (Lipinski definition) is 2. The molecule has 1 aliphatic rings. The Morgan fingerprint density at radius 1 is 1.44 bits per heavy atom. The summed E-state index contributed by atoms with van der Waals surface area (Å²) in [6.45, 7) is 2.18. The second-order valence-electron chi connectivity index (χ2n) is 5.31. The molecule has 0 bridgehead atoms. The van der Waals surface area contributed by atoms with Crippen LogP contribution in [0.2, 0.25) is 0 Å². The average molecular weight is 246 g/mol. The number of benzene rings is 1. The zero-order chi connectivity index (χ0) is 13.0. The minimum absolute atomic E-state index is 0.218. The maximum Gasteiger partial charge on any atom is 0.243 e. The molecule has 3 N–H and O–H groups in total. The van der Waals surface area contributed by atoms with Gasteiger partial charge in [-0.1, -0.05) is 44.4 Å². The van der Waals surface area contributed by atoms with Gasteiger partial charge in [-0.25, -0.2) is 0 Å². The first-order valence-corrected chi connectivity index (χ1v) is 6.79. The van der Waals surface area contributed by atoms with Gasteiger partial charge < -0.3 is 11.1 Å². The number of rotatable bonds is 4. The van der Waals surface area contributed by atoms with Crippen molar-refractivity contribution >= 4 is 11.6 Å². The first-order chi connectivity index (χ1) is 8.66. The molecular weight excluding hydrogens is 224 g/mol. The Morgan fingerprint density at radius 3 is 2.78 bits per heavy atom.